The molecule has 3 unspecified atom stereocenters. The van der Waals surface area contributed by atoms with Crippen molar-refractivity contribution in [1.82, 2.24) is 9.55 Å². The van der Waals surface area contributed by atoms with Crippen LogP contribution < -0.4 is 0 Å². The summed E-state index contributed by atoms with van der Waals surface area (Å²) in [6, 6.07) is 2.79. The fraction of sp³-hybridized carbons (Fsp3) is 0.533. The first-order valence-electron chi connectivity index (χ1n) is 6.99. The predicted octanol–water partition coefficient (Wildman–Crippen LogP) is 4.98. The molecular weight excluding hydrogens is 282 g/mol. The number of hydrogen-bond acceptors (Lipinski definition) is 1. The molecule has 1 heterocycles. The number of benzene rings is 1. The third-order valence-corrected chi connectivity index (χ3v) is 4.35. The van der Waals surface area contributed by atoms with Crippen molar-refractivity contribution in [2.75, 3.05) is 0 Å². The van der Waals surface area contributed by atoms with Gasteiger partial charge < -0.3 is 4.57 Å². The zero-order valence-electron chi connectivity index (χ0n) is 11.5. The molecular formula is C15H17ClF2N2. The van der Waals surface area contributed by atoms with Crippen LogP contribution in [0.1, 0.15) is 50.4 Å². The number of aromatic nitrogens is 2. The molecule has 0 bridgehead atoms. The first-order valence-corrected chi connectivity index (χ1v) is 7.42. The summed E-state index contributed by atoms with van der Waals surface area (Å²) in [6.45, 7) is 3.99. The highest BCUT2D eigenvalue weighted by Crippen LogP contribution is 2.39. The number of fused-ring (bicyclic) bond motifs is 1. The van der Waals surface area contributed by atoms with Gasteiger partial charge in [-0.2, -0.15) is 0 Å². The fourth-order valence-corrected chi connectivity index (χ4v) is 3.36. The maximum Gasteiger partial charge on any atom is 0.184 e. The molecule has 3 rings (SSSR count). The van der Waals surface area contributed by atoms with E-state index in [0.29, 0.717) is 17.3 Å². The smallest absolute Gasteiger partial charge is 0.184 e. The second-order valence-electron chi connectivity index (χ2n) is 5.76. The van der Waals surface area contributed by atoms with Gasteiger partial charge in [-0.25, -0.2) is 13.8 Å². The van der Waals surface area contributed by atoms with Crippen LogP contribution in [-0.4, -0.2) is 9.55 Å². The average molecular weight is 299 g/mol. The van der Waals surface area contributed by atoms with Gasteiger partial charge in [-0.15, -0.1) is 11.6 Å². The zero-order chi connectivity index (χ0) is 14.4. The molecule has 2 aromatic rings. The summed E-state index contributed by atoms with van der Waals surface area (Å²) in [5, 5.41) is -0.333. The van der Waals surface area contributed by atoms with Crippen LogP contribution in [0, 0.1) is 17.6 Å². The first-order chi connectivity index (χ1) is 9.49. The fourth-order valence-electron chi connectivity index (χ4n) is 3.20. The summed E-state index contributed by atoms with van der Waals surface area (Å²) in [7, 11) is 0. The number of nitrogens with zero attached hydrogens (tertiary/aromatic N) is 2. The molecule has 0 saturated heterocycles. The van der Waals surface area contributed by atoms with Crippen molar-refractivity contribution in [3.05, 3.63) is 29.6 Å². The molecule has 5 heteroatoms. The van der Waals surface area contributed by atoms with E-state index in [1.165, 1.54) is 6.07 Å². The van der Waals surface area contributed by atoms with Gasteiger partial charge in [0.15, 0.2) is 11.6 Å². The molecule has 1 aromatic heterocycles. The van der Waals surface area contributed by atoms with E-state index in [1.54, 1.807) is 0 Å². The molecule has 0 amide bonds. The second kappa shape index (κ2) is 4.99. The van der Waals surface area contributed by atoms with Gasteiger partial charge >= 0.3 is 0 Å². The molecule has 1 fully saturated rings. The maximum atomic E-state index is 14.2. The number of imidazole rings is 1. The van der Waals surface area contributed by atoms with E-state index in [4.69, 9.17) is 11.6 Å². The zero-order valence-corrected chi connectivity index (χ0v) is 12.3. The van der Waals surface area contributed by atoms with E-state index < -0.39 is 11.6 Å². The Morgan fingerprint density at radius 2 is 2.10 bits per heavy atom. The highest BCUT2D eigenvalue weighted by atomic mass is 35.5. The average Bonchev–Trinajstić information content (AvgIpc) is 2.97. The van der Waals surface area contributed by atoms with Crippen molar-refractivity contribution in [3.63, 3.8) is 0 Å². The standard InChI is InChI=1S/C15H17ClF2N2/c1-8-3-4-10(7-8)20-14-12(19-15(20)9(2)16)6-5-11(17)13(14)18/h5-6,8-10H,3-4,7H2,1-2H3. The van der Waals surface area contributed by atoms with E-state index in [-0.39, 0.29) is 16.9 Å². The van der Waals surface area contributed by atoms with Gasteiger partial charge in [0.25, 0.3) is 0 Å². The molecule has 0 N–H and O–H groups in total. The van der Waals surface area contributed by atoms with Crippen molar-refractivity contribution in [1.29, 1.82) is 0 Å². The molecule has 1 aromatic carbocycles. The Hall–Kier alpha value is -1.16. The minimum Gasteiger partial charge on any atom is -0.321 e. The van der Waals surface area contributed by atoms with Crippen molar-refractivity contribution >= 4 is 22.6 Å². The van der Waals surface area contributed by atoms with E-state index in [9.17, 15) is 8.78 Å². The van der Waals surface area contributed by atoms with Gasteiger partial charge in [-0.05, 0) is 44.2 Å². The Balaban J connectivity index is 2.25. The molecule has 20 heavy (non-hydrogen) atoms. The molecule has 1 aliphatic carbocycles. The SMILES string of the molecule is CC1CCC(n2c(C(C)Cl)nc3ccc(F)c(F)c32)C1. The van der Waals surface area contributed by atoms with E-state index in [0.717, 1.165) is 25.3 Å². The lowest BCUT2D eigenvalue weighted by molar-refractivity contribution is 0.470. The molecule has 0 radical (unpaired) electrons. The monoisotopic (exact) mass is 298 g/mol. The van der Waals surface area contributed by atoms with Crippen molar-refractivity contribution in [3.8, 4) is 0 Å². The van der Waals surface area contributed by atoms with Crippen LogP contribution in [0.15, 0.2) is 12.1 Å². The Kier molecular flexibility index (Phi) is 3.44. The molecule has 0 spiro atoms. The highest BCUT2D eigenvalue weighted by molar-refractivity contribution is 6.20. The number of halogens is 3. The first kappa shape index (κ1) is 13.8. The third kappa shape index (κ3) is 2.10. The summed E-state index contributed by atoms with van der Waals surface area (Å²) in [6.07, 6.45) is 3.01. The normalized spacial score (nSPS) is 24.4. The minimum absolute atomic E-state index is 0.155. The molecule has 108 valence electrons. The molecule has 2 nitrogen and oxygen atoms in total. The number of alkyl halides is 1. The molecule has 3 atom stereocenters. The van der Waals surface area contributed by atoms with Crippen LogP contribution >= 0.6 is 11.6 Å². The summed E-state index contributed by atoms with van der Waals surface area (Å²) in [5.74, 6) is -0.436. The van der Waals surface area contributed by atoms with Crippen LogP contribution in [0.25, 0.3) is 11.0 Å². The third-order valence-electron chi connectivity index (χ3n) is 4.16. The van der Waals surface area contributed by atoms with Crippen LogP contribution in [0.5, 0.6) is 0 Å². The van der Waals surface area contributed by atoms with Gasteiger partial charge in [-0.3, -0.25) is 0 Å². The topological polar surface area (TPSA) is 17.8 Å². The quantitative estimate of drug-likeness (QED) is 0.715. The summed E-state index contributed by atoms with van der Waals surface area (Å²) >= 11 is 6.19. The lowest BCUT2D eigenvalue weighted by Gasteiger charge is -2.18. The van der Waals surface area contributed by atoms with Crippen LogP contribution in [0.4, 0.5) is 8.78 Å². The Bertz CT molecular complexity index is 651. The summed E-state index contributed by atoms with van der Waals surface area (Å²) < 4.78 is 29.6. The summed E-state index contributed by atoms with van der Waals surface area (Å²) in [4.78, 5) is 4.41. The molecule has 0 aliphatic heterocycles. The van der Waals surface area contributed by atoms with Crippen LogP contribution in [-0.2, 0) is 0 Å². The predicted molar refractivity (Wildman–Crippen MR) is 76.0 cm³/mol. The molecule has 1 saturated carbocycles. The molecule has 1 aliphatic rings. The minimum atomic E-state index is -0.835. The van der Waals surface area contributed by atoms with E-state index in [1.807, 2.05) is 11.5 Å². The number of rotatable bonds is 2. The maximum absolute atomic E-state index is 14.2. The Labute approximate surface area is 121 Å². The van der Waals surface area contributed by atoms with Crippen LogP contribution in [0.3, 0.4) is 0 Å². The highest BCUT2D eigenvalue weighted by Gasteiger charge is 2.29. The van der Waals surface area contributed by atoms with Gasteiger partial charge in [0.05, 0.1) is 10.9 Å². The van der Waals surface area contributed by atoms with Gasteiger partial charge in [0, 0.05) is 6.04 Å². The summed E-state index contributed by atoms with van der Waals surface area (Å²) in [5.41, 5.74) is 0.734. The van der Waals surface area contributed by atoms with Gasteiger partial charge in [0.1, 0.15) is 11.3 Å². The Morgan fingerprint density at radius 1 is 1.35 bits per heavy atom. The van der Waals surface area contributed by atoms with Gasteiger partial charge in [-0.1, -0.05) is 6.92 Å². The van der Waals surface area contributed by atoms with E-state index >= 15 is 0 Å². The largest absolute Gasteiger partial charge is 0.321 e. The lowest BCUT2D eigenvalue weighted by atomic mass is 10.1. The van der Waals surface area contributed by atoms with Crippen molar-refractivity contribution in [2.24, 2.45) is 5.92 Å². The second-order valence-corrected chi connectivity index (χ2v) is 6.41. The van der Waals surface area contributed by atoms with Crippen molar-refractivity contribution < 1.29 is 8.78 Å². The van der Waals surface area contributed by atoms with E-state index in [2.05, 4.69) is 11.9 Å². The van der Waals surface area contributed by atoms with Crippen LogP contribution in [0.2, 0.25) is 0 Å². The lowest BCUT2D eigenvalue weighted by Crippen LogP contribution is -2.11. The van der Waals surface area contributed by atoms with Gasteiger partial charge in [0.2, 0.25) is 0 Å². The van der Waals surface area contributed by atoms with Crippen molar-refractivity contribution in [2.45, 2.75) is 44.5 Å². The number of hydrogen-bond donors (Lipinski definition) is 0. The Morgan fingerprint density at radius 3 is 2.70 bits per heavy atom.